The van der Waals surface area contributed by atoms with Crippen molar-refractivity contribution in [1.82, 2.24) is 0 Å². The summed E-state index contributed by atoms with van der Waals surface area (Å²) in [6.07, 6.45) is 1.23. The van der Waals surface area contributed by atoms with Crippen LogP contribution in [0.3, 0.4) is 0 Å². The fourth-order valence-corrected chi connectivity index (χ4v) is 2.95. The summed E-state index contributed by atoms with van der Waals surface area (Å²) in [5, 5.41) is 0. The number of anilines is 1. The Hall–Kier alpha value is -1.21. The fraction of sp³-hybridized carbons (Fsp3) is 0.455. The van der Waals surface area contributed by atoms with Gasteiger partial charge in [-0.15, -0.1) is 0 Å². The normalized spacial score (nSPS) is 16.0. The van der Waals surface area contributed by atoms with Gasteiger partial charge in [0.05, 0.1) is 5.69 Å². The predicted octanol–water partition coefficient (Wildman–Crippen LogP) is 1.67. The summed E-state index contributed by atoms with van der Waals surface area (Å²) in [5.74, 6) is -3.40. The van der Waals surface area contributed by atoms with Crippen molar-refractivity contribution in [3.8, 4) is 0 Å². The van der Waals surface area contributed by atoms with Gasteiger partial charge in [-0.3, -0.25) is 4.31 Å². The summed E-state index contributed by atoms with van der Waals surface area (Å²) in [5.41, 5.74) is 6.53. The van der Waals surface area contributed by atoms with Gasteiger partial charge < -0.3 is 5.73 Å². The molecule has 1 aromatic carbocycles. The van der Waals surface area contributed by atoms with Crippen molar-refractivity contribution in [2.24, 2.45) is 5.73 Å². The van der Waals surface area contributed by atoms with Gasteiger partial charge in [-0.1, -0.05) is 12.1 Å². The molecule has 1 aromatic rings. The minimum Gasteiger partial charge on any atom is -0.326 e. The van der Waals surface area contributed by atoms with Crippen LogP contribution in [0.1, 0.15) is 18.4 Å². The maximum atomic E-state index is 12.6. The Morgan fingerprint density at radius 2 is 1.83 bits per heavy atom. The summed E-state index contributed by atoms with van der Waals surface area (Å²) >= 11 is 0. The average Bonchev–Trinajstić information content (AvgIpc) is 3.14. The van der Waals surface area contributed by atoms with Gasteiger partial charge in [0.1, 0.15) is 0 Å². The predicted molar refractivity (Wildman–Crippen MR) is 64.8 cm³/mol. The molecule has 0 aromatic heterocycles. The average molecular weight is 276 g/mol. The number of halogens is 2. The van der Waals surface area contributed by atoms with E-state index in [9.17, 15) is 17.2 Å². The van der Waals surface area contributed by atoms with Gasteiger partial charge >= 0.3 is 5.76 Å². The maximum absolute atomic E-state index is 12.6. The zero-order valence-electron chi connectivity index (χ0n) is 9.59. The molecule has 2 rings (SSSR count). The molecule has 18 heavy (non-hydrogen) atoms. The van der Waals surface area contributed by atoms with Crippen molar-refractivity contribution in [2.75, 3.05) is 4.31 Å². The highest BCUT2D eigenvalue weighted by molar-refractivity contribution is 7.93. The van der Waals surface area contributed by atoms with Gasteiger partial charge in [-0.05, 0) is 30.5 Å². The zero-order valence-corrected chi connectivity index (χ0v) is 10.4. The first-order chi connectivity index (χ1) is 8.46. The SMILES string of the molecule is NCc1ccc(N(C2CC2)S(=O)(=O)C(F)F)cc1. The van der Waals surface area contributed by atoms with E-state index in [0.717, 1.165) is 9.87 Å². The summed E-state index contributed by atoms with van der Waals surface area (Å²) in [6, 6.07) is 5.98. The molecule has 7 heteroatoms. The first kappa shape index (κ1) is 13.2. The second-order valence-electron chi connectivity index (χ2n) is 4.20. The molecule has 4 nitrogen and oxygen atoms in total. The number of sulfonamides is 1. The van der Waals surface area contributed by atoms with Crippen LogP contribution in [0.5, 0.6) is 0 Å². The van der Waals surface area contributed by atoms with E-state index in [1.807, 2.05) is 0 Å². The van der Waals surface area contributed by atoms with Crippen molar-refractivity contribution < 1.29 is 17.2 Å². The number of hydrogen-bond donors (Lipinski definition) is 1. The van der Waals surface area contributed by atoms with Gasteiger partial charge in [0.15, 0.2) is 0 Å². The zero-order chi connectivity index (χ0) is 13.3. The fourth-order valence-electron chi connectivity index (χ4n) is 1.74. The Morgan fingerprint density at radius 3 is 2.22 bits per heavy atom. The van der Waals surface area contributed by atoms with Crippen LogP contribution >= 0.6 is 0 Å². The lowest BCUT2D eigenvalue weighted by atomic mass is 10.2. The number of nitrogens with two attached hydrogens (primary N) is 1. The molecule has 0 amide bonds. The third-order valence-corrected chi connectivity index (χ3v) is 4.31. The van der Waals surface area contributed by atoms with Crippen LogP contribution in [-0.4, -0.2) is 20.2 Å². The Kier molecular flexibility index (Phi) is 3.54. The minimum atomic E-state index is -4.58. The molecule has 0 bridgehead atoms. The van der Waals surface area contributed by atoms with Crippen LogP contribution in [0.2, 0.25) is 0 Å². The molecule has 0 atom stereocenters. The van der Waals surface area contributed by atoms with E-state index in [0.29, 0.717) is 19.4 Å². The third-order valence-electron chi connectivity index (χ3n) is 2.80. The molecule has 1 aliphatic rings. The quantitative estimate of drug-likeness (QED) is 0.889. The largest absolute Gasteiger partial charge is 0.355 e. The van der Waals surface area contributed by atoms with Crippen LogP contribution in [0.4, 0.5) is 14.5 Å². The van der Waals surface area contributed by atoms with Crippen molar-refractivity contribution in [3.63, 3.8) is 0 Å². The number of alkyl halides is 2. The molecule has 0 heterocycles. The van der Waals surface area contributed by atoms with E-state index in [1.165, 1.54) is 12.1 Å². The lowest BCUT2D eigenvalue weighted by molar-refractivity contribution is 0.234. The molecule has 1 saturated carbocycles. The molecule has 0 radical (unpaired) electrons. The number of benzene rings is 1. The molecule has 0 saturated heterocycles. The van der Waals surface area contributed by atoms with Crippen LogP contribution in [0.25, 0.3) is 0 Å². The van der Waals surface area contributed by atoms with Crippen LogP contribution < -0.4 is 10.0 Å². The second-order valence-corrected chi connectivity index (χ2v) is 5.98. The van der Waals surface area contributed by atoms with E-state index < -0.39 is 15.8 Å². The highest BCUT2D eigenvalue weighted by Gasteiger charge is 2.42. The van der Waals surface area contributed by atoms with E-state index in [4.69, 9.17) is 5.73 Å². The summed E-state index contributed by atoms with van der Waals surface area (Å²) < 4.78 is 49.3. The molecule has 0 unspecified atom stereocenters. The van der Waals surface area contributed by atoms with Gasteiger partial charge in [0.2, 0.25) is 0 Å². The molecular formula is C11H14F2N2O2S. The van der Waals surface area contributed by atoms with Crippen molar-refractivity contribution in [3.05, 3.63) is 29.8 Å². The highest BCUT2D eigenvalue weighted by atomic mass is 32.2. The molecule has 2 N–H and O–H groups in total. The Morgan fingerprint density at radius 1 is 1.28 bits per heavy atom. The molecule has 1 aliphatic carbocycles. The summed E-state index contributed by atoms with van der Waals surface area (Å²) in [6.45, 7) is 0.325. The van der Waals surface area contributed by atoms with Crippen LogP contribution in [-0.2, 0) is 16.6 Å². The maximum Gasteiger partial charge on any atom is 0.355 e. The highest BCUT2D eigenvalue weighted by Crippen LogP contribution is 2.35. The Labute approximate surface area is 104 Å². The van der Waals surface area contributed by atoms with Gasteiger partial charge in [-0.2, -0.15) is 8.78 Å². The second kappa shape index (κ2) is 4.81. The number of hydrogen-bond acceptors (Lipinski definition) is 3. The summed E-state index contributed by atoms with van der Waals surface area (Å²) in [4.78, 5) is 0. The lowest BCUT2D eigenvalue weighted by Gasteiger charge is -2.23. The summed E-state index contributed by atoms with van der Waals surface area (Å²) in [7, 11) is -4.58. The van der Waals surface area contributed by atoms with Crippen molar-refractivity contribution in [1.29, 1.82) is 0 Å². The standard InChI is InChI=1S/C11H14F2N2O2S/c12-11(13)18(16,17)15(10-5-6-10)9-3-1-8(7-14)2-4-9/h1-4,10-11H,5-7,14H2. The van der Waals surface area contributed by atoms with Gasteiger partial charge in [0.25, 0.3) is 10.0 Å². The first-order valence-electron chi connectivity index (χ1n) is 5.57. The van der Waals surface area contributed by atoms with Crippen LogP contribution in [0, 0.1) is 0 Å². The Bertz CT molecular complexity index is 512. The molecular weight excluding hydrogens is 262 g/mol. The molecule has 100 valence electrons. The smallest absolute Gasteiger partial charge is 0.326 e. The number of nitrogens with zero attached hydrogens (tertiary/aromatic N) is 1. The topological polar surface area (TPSA) is 63.4 Å². The Balaban J connectivity index is 2.36. The molecule has 1 fully saturated rings. The van der Waals surface area contributed by atoms with Crippen LogP contribution in [0.15, 0.2) is 24.3 Å². The van der Waals surface area contributed by atoms with Gasteiger partial charge in [0, 0.05) is 12.6 Å². The molecule has 0 aliphatic heterocycles. The third kappa shape index (κ3) is 2.46. The van der Waals surface area contributed by atoms with E-state index in [-0.39, 0.29) is 11.7 Å². The lowest BCUT2D eigenvalue weighted by Crippen LogP contribution is -2.37. The van der Waals surface area contributed by atoms with Crippen molar-refractivity contribution >= 4 is 15.7 Å². The van der Waals surface area contributed by atoms with E-state index in [1.54, 1.807) is 12.1 Å². The molecule has 0 spiro atoms. The van der Waals surface area contributed by atoms with E-state index in [2.05, 4.69) is 0 Å². The monoisotopic (exact) mass is 276 g/mol. The van der Waals surface area contributed by atoms with Crippen molar-refractivity contribution in [2.45, 2.75) is 31.2 Å². The minimum absolute atomic E-state index is 0.273. The number of rotatable bonds is 5. The first-order valence-corrected chi connectivity index (χ1v) is 7.07. The van der Waals surface area contributed by atoms with Gasteiger partial charge in [-0.25, -0.2) is 8.42 Å². The van der Waals surface area contributed by atoms with E-state index >= 15 is 0 Å².